The quantitative estimate of drug-likeness (QED) is 0.707. The molecule has 0 saturated carbocycles. The van der Waals surface area contributed by atoms with E-state index in [1.807, 2.05) is 30.3 Å². The Bertz CT molecular complexity index is 790. The number of carbonyl (C=O) groups is 1. The topological polar surface area (TPSA) is 46.5 Å². The first-order valence-corrected chi connectivity index (χ1v) is 5.93. The summed E-state index contributed by atoms with van der Waals surface area (Å²) in [6.07, 6.45) is 0. The lowest BCUT2D eigenvalue weighted by atomic mass is 9.97. The highest BCUT2D eigenvalue weighted by Gasteiger charge is 2.12. The molecule has 0 amide bonds. The van der Waals surface area contributed by atoms with Crippen LogP contribution in [0.4, 0.5) is 0 Å². The molecule has 0 fully saturated rings. The minimum Gasteiger partial charge on any atom is -0.497 e. The highest BCUT2D eigenvalue weighted by Crippen LogP contribution is 2.31. The Morgan fingerprint density at radius 2 is 1.79 bits per heavy atom. The Balaban J connectivity index is 2.52. The second-order valence-corrected chi connectivity index (χ2v) is 4.36. The van der Waals surface area contributed by atoms with Crippen LogP contribution in [0.3, 0.4) is 0 Å². The normalized spacial score (nSPS) is 10.8. The molecule has 94 valence electrons. The van der Waals surface area contributed by atoms with Gasteiger partial charge in [-0.2, -0.15) is 0 Å². The van der Waals surface area contributed by atoms with Gasteiger partial charge in [0, 0.05) is 0 Å². The molecule has 0 aromatic heterocycles. The van der Waals surface area contributed by atoms with E-state index in [1.54, 1.807) is 25.3 Å². The fraction of sp³-hybridized carbons (Fsp3) is 0.0625. The van der Waals surface area contributed by atoms with Crippen LogP contribution in [-0.2, 0) is 0 Å². The van der Waals surface area contributed by atoms with Crippen LogP contribution >= 0.6 is 0 Å². The van der Waals surface area contributed by atoms with Crippen LogP contribution in [0.2, 0.25) is 0 Å². The summed E-state index contributed by atoms with van der Waals surface area (Å²) in [5.74, 6) is -0.193. The summed E-state index contributed by atoms with van der Waals surface area (Å²) in [7, 11) is 1.60. The number of rotatable bonds is 2. The third kappa shape index (κ3) is 1.80. The minimum atomic E-state index is -0.916. The number of aromatic carboxylic acids is 1. The molecule has 0 saturated heterocycles. The van der Waals surface area contributed by atoms with Gasteiger partial charge in [-0.15, -0.1) is 0 Å². The molecule has 0 atom stereocenters. The lowest BCUT2D eigenvalue weighted by Gasteiger charge is -2.09. The lowest BCUT2D eigenvalue weighted by Crippen LogP contribution is -1.98. The van der Waals surface area contributed by atoms with Crippen molar-refractivity contribution >= 4 is 27.5 Å². The van der Waals surface area contributed by atoms with E-state index in [9.17, 15) is 9.90 Å². The smallest absolute Gasteiger partial charge is 0.336 e. The molecular formula is C16H12O3. The lowest BCUT2D eigenvalue weighted by molar-refractivity contribution is 0.0699. The number of hydrogen-bond acceptors (Lipinski definition) is 2. The molecule has 3 aromatic carbocycles. The zero-order chi connectivity index (χ0) is 13.4. The van der Waals surface area contributed by atoms with Gasteiger partial charge in [-0.25, -0.2) is 4.79 Å². The predicted molar refractivity (Wildman–Crippen MR) is 75.0 cm³/mol. The number of carboxylic acids is 1. The van der Waals surface area contributed by atoms with Crippen molar-refractivity contribution in [3.63, 3.8) is 0 Å². The summed E-state index contributed by atoms with van der Waals surface area (Å²) >= 11 is 0. The van der Waals surface area contributed by atoms with Crippen molar-refractivity contribution in [2.75, 3.05) is 7.11 Å². The maximum Gasteiger partial charge on any atom is 0.336 e. The molecule has 19 heavy (non-hydrogen) atoms. The second-order valence-electron chi connectivity index (χ2n) is 4.36. The van der Waals surface area contributed by atoms with Gasteiger partial charge in [0.1, 0.15) is 5.75 Å². The Hall–Kier alpha value is -2.55. The molecule has 0 heterocycles. The molecule has 0 aliphatic carbocycles. The van der Waals surface area contributed by atoms with E-state index in [1.165, 1.54) is 0 Å². The maximum absolute atomic E-state index is 11.4. The van der Waals surface area contributed by atoms with E-state index >= 15 is 0 Å². The fourth-order valence-electron chi connectivity index (χ4n) is 2.39. The van der Waals surface area contributed by atoms with Crippen molar-refractivity contribution < 1.29 is 14.6 Å². The van der Waals surface area contributed by atoms with Crippen molar-refractivity contribution in [3.8, 4) is 5.75 Å². The summed E-state index contributed by atoms with van der Waals surface area (Å²) < 4.78 is 5.22. The second kappa shape index (κ2) is 4.28. The fourth-order valence-corrected chi connectivity index (χ4v) is 2.39. The molecule has 0 aliphatic rings. The van der Waals surface area contributed by atoms with Gasteiger partial charge in [0.15, 0.2) is 0 Å². The van der Waals surface area contributed by atoms with Crippen molar-refractivity contribution in [1.29, 1.82) is 0 Å². The number of hydrogen-bond donors (Lipinski definition) is 1. The van der Waals surface area contributed by atoms with Gasteiger partial charge in [-0.1, -0.05) is 24.3 Å². The zero-order valence-electron chi connectivity index (χ0n) is 10.4. The van der Waals surface area contributed by atoms with Gasteiger partial charge in [-0.3, -0.25) is 0 Å². The van der Waals surface area contributed by atoms with Gasteiger partial charge >= 0.3 is 5.97 Å². The number of carboxylic acid groups (broad SMARTS) is 1. The zero-order valence-corrected chi connectivity index (χ0v) is 10.4. The van der Waals surface area contributed by atoms with Crippen LogP contribution < -0.4 is 4.74 Å². The van der Waals surface area contributed by atoms with Crippen molar-refractivity contribution in [1.82, 2.24) is 0 Å². The standard InChI is InChI=1S/C16H12O3/c1-19-11-6-7-13-14(9-11)12-5-3-2-4-10(12)8-15(13)16(17)18/h2-9H,1H3,(H,17,18). The van der Waals surface area contributed by atoms with Gasteiger partial charge in [-0.05, 0) is 45.8 Å². The van der Waals surface area contributed by atoms with Crippen LogP contribution in [0.1, 0.15) is 10.4 Å². The number of ether oxygens (including phenoxy) is 1. The minimum absolute atomic E-state index is 0.316. The average molecular weight is 252 g/mol. The summed E-state index contributed by atoms with van der Waals surface area (Å²) in [6.45, 7) is 0. The molecule has 3 heteroatoms. The largest absolute Gasteiger partial charge is 0.497 e. The Morgan fingerprint density at radius 3 is 2.53 bits per heavy atom. The van der Waals surface area contributed by atoms with E-state index in [4.69, 9.17) is 4.74 Å². The molecule has 3 nitrogen and oxygen atoms in total. The van der Waals surface area contributed by atoms with Crippen molar-refractivity contribution in [2.24, 2.45) is 0 Å². The Morgan fingerprint density at radius 1 is 1.00 bits per heavy atom. The number of benzene rings is 3. The predicted octanol–water partition coefficient (Wildman–Crippen LogP) is 3.70. The Kier molecular flexibility index (Phi) is 2.60. The van der Waals surface area contributed by atoms with Crippen LogP contribution in [0.5, 0.6) is 5.75 Å². The summed E-state index contributed by atoms with van der Waals surface area (Å²) in [5, 5.41) is 12.9. The van der Waals surface area contributed by atoms with Crippen LogP contribution in [0.15, 0.2) is 48.5 Å². The third-order valence-electron chi connectivity index (χ3n) is 3.30. The molecule has 0 bridgehead atoms. The third-order valence-corrected chi connectivity index (χ3v) is 3.30. The molecule has 3 aromatic rings. The molecular weight excluding hydrogens is 240 g/mol. The van der Waals surface area contributed by atoms with Crippen LogP contribution in [0, 0.1) is 0 Å². The molecule has 0 spiro atoms. The van der Waals surface area contributed by atoms with E-state index in [0.717, 1.165) is 27.3 Å². The number of fused-ring (bicyclic) bond motifs is 3. The van der Waals surface area contributed by atoms with E-state index in [2.05, 4.69) is 0 Å². The summed E-state index contributed by atoms with van der Waals surface area (Å²) in [5.41, 5.74) is 0.316. The summed E-state index contributed by atoms with van der Waals surface area (Å²) in [4.78, 5) is 11.4. The highest BCUT2D eigenvalue weighted by atomic mass is 16.5. The monoisotopic (exact) mass is 252 g/mol. The van der Waals surface area contributed by atoms with E-state index < -0.39 is 5.97 Å². The van der Waals surface area contributed by atoms with Gasteiger partial charge in [0.25, 0.3) is 0 Å². The SMILES string of the molecule is COc1ccc2c(C(=O)O)cc3ccccc3c2c1. The van der Waals surface area contributed by atoms with Gasteiger partial charge < -0.3 is 9.84 Å². The number of methoxy groups -OCH3 is 1. The van der Waals surface area contributed by atoms with Crippen LogP contribution in [-0.4, -0.2) is 18.2 Å². The van der Waals surface area contributed by atoms with Crippen LogP contribution in [0.25, 0.3) is 21.5 Å². The summed E-state index contributed by atoms with van der Waals surface area (Å²) in [6, 6.07) is 14.9. The van der Waals surface area contributed by atoms with Gasteiger partial charge in [0.05, 0.1) is 12.7 Å². The molecule has 1 N–H and O–H groups in total. The first kappa shape index (κ1) is 11.5. The molecule has 3 rings (SSSR count). The Labute approximate surface area is 110 Å². The molecule has 0 unspecified atom stereocenters. The van der Waals surface area contributed by atoms with Gasteiger partial charge in [0.2, 0.25) is 0 Å². The molecule has 0 radical (unpaired) electrons. The maximum atomic E-state index is 11.4. The first-order valence-electron chi connectivity index (χ1n) is 5.93. The van der Waals surface area contributed by atoms with Crippen molar-refractivity contribution in [3.05, 3.63) is 54.1 Å². The highest BCUT2D eigenvalue weighted by molar-refractivity contribution is 6.15. The van der Waals surface area contributed by atoms with E-state index in [-0.39, 0.29) is 0 Å². The van der Waals surface area contributed by atoms with Crippen molar-refractivity contribution in [2.45, 2.75) is 0 Å². The molecule has 0 aliphatic heterocycles. The first-order chi connectivity index (χ1) is 9.20. The van der Waals surface area contributed by atoms with E-state index in [0.29, 0.717) is 5.56 Å². The average Bonchev–Trinajstić information content (AvgIpc) is 2.45.